The summed E-state index contributed by atoms with van der Waals surface area (Å²) >= 11 is 0. The van der Waals surface area contributed by atoms with Crippen LogP contribution in [0.2, 0.25) is 0 Å². The van der Waals surface area contributed by atoms with E-state index < -0.39 is 29.4 Å². The molecule has 0 aromatic heterocycles. The zero-order valence-corrected chi connectivity index (χ0v) is 9.38. The molecule has 2 aliphatic rings. The number of carbonyl (C=O) groups is 2. The van der Waals surface area contributed by atoms with Gasteiger partial charge in [-0.15, -0.1) is 0 Å². The number of likely N-dealkylation sites (N-methyl/N-ethyl adjacent to an activating group) is 2. The minimum absolute atomic E-state index is 0.218. The number of likely N-dealkylation sites (tertiary alicyclic amines) is 2. The first-order valence-electron chi connectivity index (χ1n) is 5.29. The molecule has 6 nitrogen and oxygen atoms in total. The van der Waals surface area contributed by atoms with Gasteiger partial charge < -0.3 is 20.0 Å². The molecule has 0 aromatic carbocycles. The van der Waals surface area contributed by atoms with Crippen LogP contribution in [0.4, 0.5) is 0 Å². The van der Waals surface area contributed by atoms with Crippen LogP contribution in [0, 0.1) is 5.92 Å². The predicted molar refractivity (Wildman–Crippen MR) is 54.3 cm³/mol. The smallest absolute Gasteiger partial charge is 0.254 e. The molecule has 0 saturated carbocycles. The fourth-order valence-electron chi connectivity index (χ4n) is 2.52. The molecular formula is C10H16N2O4. The summed E-state index contributed by atoms with van der Waals surface area (Å²) in [6.07, 6.45) is -1.00. The maximum absolute atomic E-state index is 11.8. The average Bonchev–Trinajstić information content (AvgIpc) is 2.65. The molecule has 6 heteroatoms. The SMILES string of the molecule is CN1CC(C2(O)CCN(C)C2=O)C(O)C1=O. The second-order valence-electron chi connectivity index (χ2n) is 4.67. The van der Waals surface area contributed by atoms with Gasteiger partial charge in [-0.05, 0) is 0 Å². The van der Waals surface area contributed by atoms with Crippen molar-refractivity contribution in [1.82, 2.24) is 9.80 Å². The minimum atomic E-state index is -1.59. The second-order valence-corrected chi connectivity index (χ2v) is 4.67. The van der Waals surface area contributed by atoms with Crippen molar-refractivity contribution in [3.05, 3.63) is 0 Å². The highest BCUT2D eigenvalue weighted by Crippen LogP contribution is 2.35. The summed E-state index contributed by atoms with van der Waals surface area (Å²) in [5, 5.41) is 20.0. The lowest BCUT2D eigenvalue weighted by atomic mass is 9.83. The van der Waals surface area contributed by atoms with Crippen LogP contribution < -0.4 is 0 Å². The summed E-state index contributed by atoms with van der Waals surface area (Å²) in [6.45, 7) is 0.673. The monoisotopic (exact) mass is 228 g/mol. The van der Waals surface area contributed by atoms with Gasteiger partial charge in [-0.2, -0.15) is 0 Å². The van der Waals surface area contributed by atoms with Crippen molar-refractivity contribution in [2.75, 3.05) is 27.2 Å². The highest BCUT2D eigenvalue weighted by molar-refractivity contribution is 5.91. The third kappa shape index (κ3) is 1.33. The van der Waals surface area contributed by atoms with E-state index in [1.54, 1.807) is 14.1 Å². The predicted octanol–water partition coefficient (Wildman–Crippen LogP) is -1.97. The summed E-state index contributed by atoms with van der Waals surface area (Å²) in [6, 6.07) is 0. The lowest BCUT2D eigenvalue weighted by Gasteiger charge is -2.28. The summed E-state index contributed by atoms with van der Waals surface area (Å²) in [7, 11) is 3.16. The van der Waals surface area contributed by atoms with E-state index in [9.17, 15) is 19.8 Å². The Bertz CT molecular complexity index is 346. The van der Waals surface area contributed by atoms with E-state index in [0.717, 1.165) is 0 Å². The molecule has 0 bridgehead atoms. The molecule has 2 fully saturated rings. The van der Waals surface area contributed by atoms with Gasteiger partial charge in [-0.3, -0.25) is 9.59 Å². The molecule has 0 aliphatic carbocycles. The Morgan fingerprint density at radius 2 is 1.94 bits per heavy atom. The molecule has 2 aliphatic heterocycles. The van der Waals surface area contributed by atoms with Crippen LogP contribution in [0.5, 0.6) is 0 Å². The maximum atomic E-state index is 11.8. The molecule has 2 saturated heterocycles. The summed E-state index contributed by atoms with van der Waals surface area (Å²) in [5.74, 6) is -1.55. The first-order valence-corrected chi connectivity index (χ1v) is 5.29. The lowest BCUT2D eigenvalue weighted by Crippen LogP contribution is -2.50. The Morgan fingerprint density at radius 3 is 2.31 bits per heavy atom. The molecule has 0 spiro atoms. The van der Waals surface area contributed by atoms with Gasteiger partial charge in [0.15, 0.2) is 5.60 Å². The largest absolute Gasteiger partial charge is 0.383 e. The number of aliphatic hydroxyl groups is 2. The highest BCUT2D eigenvalue weighted by atomic mass is 16.3. The Kier molecular flexibility index (Phi) is 2.43. The summed E-state index contributed by atoms with van der Waals surface area (Å²) in [5.41, 5.74) is -1.59. The van der Waals surface area contributed by atoms with Crippen LogP contribution in [0.1, 0.15) is 6.42 Å². The molecule has 16 heavy (non-hydrogen) atoms. The number of rotatable bonds is 1. The Balaban J connectivity index is 2.26. The van der Waals surface area contributed by atoms with Gasteiger partial charge in [0.1, 0.15) is 6.10 Å². The van der Waals surface area contributed by atoms with E-state index in [4.69, 9.17) is 0 Å². The zero-order valence-electron chi connectivity index (χ0n) is 9.38. The van der Waals surface area contributed by atoms with Crippen molar-refractivity contribution in [2.24, 2.45) is 5.92 Å². The highest BCUT2D eigenvalue weighted by Gasteiger charge is 2.56. The quantitative estimate of drug-likeness (QED) is 0.545. The molecular weight excluding hydrogens is 212 g/mol. The number of carbonyl (C=O) groups excluding carboxylic acids is 2. The second kappa shape index (κ2) is 3.43. The third-order valence-corrected chi connectivity index (χ3v) is 3.64. The van der Waals surface area contributed by atoms with Crippen LogP contribution >= 0.6 is 0 Å². The normalized spacial score (nSPS) is 40.0. The Labute approximate surface area is 93.4 Å². The number of hydrogen-bond acceptors (Lipinski definition) is 4. The van der Waals surface area contributed by atoms with Gasteiger partial charge in [0, 0.05) is 39.5 Å². The fourth-order valence-corrected chi connectivity index (χ4v) is 2.52. The molecule has 3 atom stereocenters. The minimum Gasteiger partial charge on any atom is -0.383 e. The molecule has 2 heterocycles. The van der Waals surface area contributed by atoms with Crippen molar-refractivity contribution in [3.63, 3.8) is 0 Å². The van der Waals surface area contributed by atoms with Crippen molar-refractivity contribution in [2.45, 2.75) is 18.1 Å². The zero-order chi connectivity index (χ0) is 12.1. The number of aliphatic hydroxyl groups excluding tert-OH is 1. The van der Waals surface area contributed by atoms with E-state index in [0.29, 0.717) is 6.54 Å². The molecule has 90 valence electrons. The molecule has 0 aromatic rings. The van der Waals surface area contributed by atoms with Gasteiger partial charge in [0.25, 0.3) is 11.8 Å². The Morgan fingerprint density at radius 1 is 1.31 bits per heavy atom. The van der Waals surface area contributed by atoms with Crippen LogP contribution in [0.25, 0.3) is 0 Å². The average molecular weight is 228 g/mol. The van der Waals surface area contributed by atoms with Crippen LogP contribution in [0.3, 0.4) is 0 Å². The first-order chi connectivity index (χ1) is 7.38. The van der Waals surface area contributed by atoms with Crippen LogP contribution in [0.15, 0.2) is 0 Å². The summed E-state index contributed by atoms with van der Waals surface area (Å²) < 4.78 is 0. The van der Waals surface area contributed by atoms with Crippen LogP contribution in [-0.2, 0) is 9.59 Å². The van der Waals surface area contributed by atoms with Crippen molar-refractivity contribution in [3.8, 4) is 0 Å². The molecule has 0 radical (unpaired) electrons. The van der Waals surface area contributed by atoms with Gasteiger partial charge >= 0.3 is 0 Å². The molecule has 2 rings (SSSR count). The van der Waals surface area contributed by atoms with Crippen molar-refractivity contribution in [1.29, 1.82) is 0 Å². The van der Waals surface area contributed by atoms with E-state index in [2.05, 4.69) is 0 Å². The topological polar surface area (TPSA) is 81.1 Å². The lowest BCUT2D eigenvalue weighted by molar-refractivity contribution is -0.151. The van der Waals surface area contributed by atoms with Gasteiger partial charge in [0.2, 0.25) is 0 Å². The fraction of sp³-hybridized carbons (Fsp3) is 0.800. The van der Waals surface area contributed by atoms with Gasteiger partial charge in [-0.25, -0.2) is 0 Å². The van der Waals surface area contributed by atoms with Crippen molar-refractivity contribution < 1.29 is 19.8 Å². The van der Waals surface area contributed by atoms with E-state index in [-0.39, 0.29) is 13.0 Å². The molecule has 3 unspecified atom stereocenters. The maximum Gasteiger partial charge on any atom is 0.254 e. The van der Waals surface area contributed by atoms with Crippen molar-refractivity contribution >= 4 is 11.8 Å². The number of amides is 2. The van der Waals surface area contributed by atoms with E-state index in [1.165, 1.54) is 9.80 Å². The summed E-state index contributed by atoms with van der Waals surface area (Å²) in [4.78, 5) is 26.0. The molecule has 2 N–H and O–H groups in total. The molecule has 2 amide bonds. The standard InChI is InChI=1S/C10H16N2O4/c1-11-4-3-10(16,9(11)15)6-5-12(2)8(14)7(6)13/h6-7,13,16H,3-5H2,1-2H3. The third-order valence-electron chi connectivity index (χ3n) is 3.64. The first kappa shape index (κ1) is 11.3. The van der Waals surface area contributed by atoms with Gasteiger partial charge in [-0.1, -0.05) is 0 Å². The number of nitrogens with zero attached hydrogens (tertiary/aromatic N) is 2. The van der Waals surface area contributed by atoms with Crippen LogP contribution in [-0.4, -0.2) is 70.7 Å². The van der Waals surface area contributed by atoms with Gasteiger partial charge in [0.05, 0.1) is 0 Å². The van der Waals surface area contributed by atoms with E-state index in [1.807, 2.05) is 0 Å². The van der Waals surface area contributed by atoms with E-state index >= 15 is 0 Å². The Hall–Kier alpha value is -1.14. The number of hydrogen-bond donors (Lipinski definition) is 2.